The van der Waals surface area contributed by atoms with Gasteiger partial charge in [0.25, 0.3) is 11.8 Å². The first-order chi connectivity index (χ1) is 13.6. The van der Waals surface area contributed by atoms with Crippen LogP contribution in [0.3, 0.4) is 0 Å². The summed E-state index contributed by atoms with van der Waals surface area (Å²) in [5.74, 6) is -0.832. The number of benzene rings is 3. The lowest BCUT2D eigenvalue weighted by Crippen LogP contribution is -2.41. The van der Waals surface area contributed by atoms with Gasteiger partial charge in [0, 0.05) is 26.5 Å². The normalized spacial score (nSPS) is 12.1. The lowest BCUT2D eigenvalue weighted by Gasteiger charge is -2.09. The quantitative estimate of drug-likeness (QED) is 0.612. The number of hydrogen-bond donors (Lipinski definition) is 2. The smallest absolute Gasteiger partial charge is 0.267 e. The summed E-state index contributed by atoms with van der Waals surface area (Å²) in [6, 6.07) is 21.5. The number of fused-ring (bicyclic) bond motifs is 2. The molecular weight excluding hydrogens is 394 g/mol. The molecule has 0 saturated heterocycles. The molecule has 7 heteroatoms. The van der Waals surface area contributed by atoms with Gasteiger partial charge in [0.15, 0.2) is 0 Å². The molecule has 1 aliphatic heterocycles. The van der Waals surface area contributed by atoms with Gasteiger partial charge in [-0.25, -0.2) is 4.99 Å². The molecule has 0 unspecified atom stereocenters. The lowest BCUT2D eigenvalue weighted by molar-refractivity contribution is 0.0846. The molecule has 1 aliphatic rings. The Morgan fingerprint density at radius 3 is 2.25 bits per heavy atom. The zero-order chi connectivity index (χ0) is 19.5. The average Bonchev–Trinajstić information content (AvgIpc) is 2.87. The first-order valence-corrected chi connectivity index (χ1v) is 9.62. The number of hydrazine groups is 1. The minimum absolute atomic E-state index is 0.367. The number of nitrogens with one attached hydrogen (secondary N) is 2. The van der Waals surface area contributed by atoms with Gasteiger partial charge in [-0.2, -0.15) is 0 Å². The maximum Gasteiger partial charge on any atom is 0.269 e. The van der Waals surface area contributed by atoms with Crippen LogP contribution in [0.25, 0.3) is 0 Å². The van der Waals surface area contributed by atoms with E-state index >= 15 is 0 Å². The van der Waals surface area contributed by atoms with Crippen LogP contribution in [-0.2, 0) is 0 Å². The second kappa shape index (κ2) is 7.88. The second-order valence-corrected chi connectivity index (χ2v) is 7.40. The van der Waals surface area contributed by atoms with Gasteiger partial charge in [-0.05, 0) is 36.4 Å². The van der Waals surface area contributed by atoms with E-state index in [0.717, 1.165) is 15.4 Å². The topological polar surface area (TPSA) is 70.6 Å². The molecule has 3 aromatic rings. The van der Waals surface area contributed by atoms with Crippen LogP contribution in [0.5, 0.6) is 0 Å². The summed E-state index contributed by atoms with van der Waals surface area (Å²) < 4.78 is 0. The van der Waals surface area contributed by atoms with Gasteiger partial charge in [-0.3, -0.25) is 20.4 Å². The molecule has 28 heavy (non-hydrogen) atoms. The van der Waals surface area contributed by atoms with Gasteiger partial charge in [0.2, 0.25) is 0 Å². The van der Waals surface area contributed by atoms with Crippen molar-refractivity contribution in [3.05, 3.63) is 89.5 Å². The predicted octanol–water partition coefficient (Wildman–Crippen LogP) is 4.54. The Kier molecular flexibility index (Phi) is 5.14. The molecule has 138 valence electrons. The molecule has 0 fully saturated rings. The first-order valence-electron chi connectivity index (χ1n) is 8.43. The average molecular weight is 408 g/mol. The minimum atomic E-state index is -0.440. The number of halogens is 1. The Morgan fingerprint density at radius 1 is 0.786 bits per heavy atom. The Balaban J connectivity index is 1.53. The molecule has 0 atom stereocenters. The van der Waals surface area contributed by atoms with Crippen LogP contribution in [0, 0.1) is 0 Å². The van der Waals surface area contributed by atoms with E-state index < -0.39 is 11.8 Å². The van der Waals surface area contributed by atoms with E-state index in [2.05, 4.69) is 15.8 Å². The first kappa shape index (κ1) is 18.3. The highest BCUT2D eigenvalue weighted by molar-refractivity contribution is 7.99. The maximum atomic E-state index is 12.4. The molecular formula is C21H14ClN3O2S. The van der Waals surface area contributed by atoms with Gasteiger partial charge in [-0.15, -0.1) is 0 Å². The standard InChI is InChI=1S/C21H14ClN3O2S/c22-19-15-8-4-5-9-17(15)28-18-11-10-14(12-16(18)23-19)21(27)25-24-20(26)13-6-2-1-3-7-13/h1-12H,(H,24,26)(H,25,27). The summed E-state index contributed by atoms with van der Waals surface area (Å²) in [7, 11) is 0. The van der Waals surface area contributed by atoms with E-state index in [1.54, 1.807) is 48.2 Å². The molecule has 0 radical (unpaired) electrons. The Bertz CT molecular complexity index is 1100. The number of aliphatic imine (C=N–C) groups is 1. The summed E-state index contributed by atoms with van der Waals surface area (Å²) in [5.41, 5.74) is 7.11. The van der Waals surface area contributed by atoms with E-state index in [9.17, 15) is 9.59 Å². The summed E-state index contributed by atoms with van der Waals surface area (Å²) in [4.78, 5) is 30.9. The third kappa shape index (κ3) is 3.78. The third-order valence-corrected chi connectivity index (χ3v) is 5.52. The fourth-order valence-corrected chi connectivity index (χ4v) is 4.01. The monoisotopic (exact) mass is 407 g/mol. The number of carbonyl (C=O) groups excluding carboxylic acids is 2. The highest BCUT2D eigenvalue weighted by Crippen LogP contribution is 2.41. The van der Waals surface area contributed by atoms with E-state index in [1.807, 2.05) is 36.4 Å². The van der Waals surface area contributed by atoms with E-state index in [-0.39, 0.29) is 0 Å². The molecule has 0 aromatic heterocycles. The lowest BCUT2D eigenvalue weighted by atomic mass is 10.2. The van der Waals surface area contributed by atoms with Crippen molar-refractivity contribution >= 4 is 46.0 Å². The summed E-state index contributed by atoms with van der Waals surface area (Å²) in [6.45, 7) is 0. The predicted molar refractivity (Wildman–Crippen MR) is 110 cm³/mol. The number of hydrogen-bond acceptors (Lipinski definition) is 4. The highest BCUT2D eigenvalue weighted by atomic mass is 35.5. The van der Waals surface area contributed by atoms with Gasteiger partial charge in [-0.1, -0.05) is 59.8 Å². The SMILES string of the molecule is O=C(NNC(=O)c1ccc2c(c1)N=C(Cl)c1ccccc1S2)c1ccccc1. The van der Waals surface area contributed by atoms with Crippen LogP contribution in [0.4, 0.5) is 5.69 Å². The van der Waals surface area contributed by atoms with E-state index in [4.69, 9.17) is 11.6 Å². The van der Waals surface area contributed by atoms with Crippen molar-refractivity contribution in [2.45, 2.75) is 9.79 Å². The molecule has 3 aromatic carbocycles. The molecule has 2 amide bonds. The van der Waals surface area contributed by atoms with E-state index in [1.165, 1.54) is 0 Å². The fraction of sp³-hybridized carbons (Fsp3) is 0. The Morgan fingerprint density at radius 2 is 1.46 bits per heavy atom. The Hall–Kier alpha value is -3.09. The van der Waals surface area contributed by atoms with Crippen molar-refractivity contribution in [3.63, 3.8) is 0 Å². The number of nitrogens with zero attached hydrogens (tertiary/aromatic N) is 1. The van der Waals surface area contributed by atoms with Crippen LogP contribution >= 0.6 is 23.4 Å². The zero-order valence-corrected chi connectivity index (χ0v) is 16.1. The summed E-state index contributed by atoms with van der Waals surface area (Å²) in [5, 5.41) is 0.372. The number of rotatable bonds is 2. The van der Waals surface area contributed by atoms with Crippen molar-refractivity contribution in [1.82, 2.24) is 10.9 Å². The molecule has 5 nitrogen and oxygen atoms in total. The summed E-state index contributed by atoms with van der Waals surface area (Å²) in [6.07, 6.45) is 0. The molecule has 1 heterocycles. The van der Waals surface area contributed by atoms with Gasteiger partial charge in [0.05, 0.1) is 5.69 Å². The molecule has 0 saturated carbocycles. The van der Waals surface area contributed by atoms with Crippen molar-refractivity contribution in [1.29, 1.82) is 0 Å². The summed E-state index contributed by atoms with van der Waals surface area (Å²) >= 11 is 7.90. The Labute approximate surface area is 170 Å². The number of carbonyl (C=O) groups is 2. The van der Waals surface area contributed by atoms with Crippen molar-refractivity contribution < 1.29 is 9.59 Å². The third-order valence-electron chi connectivity index (χ3n) is 4.09. The van der Waals surface area contributed by atoms with Crippen LogP contribution in [0.1, 0.15) is 26.3 Å². The molecule has 4 rings (SSSR count). The van der Waals surface area contributed by atoms with Gasteiger partial charge >= 0.3 is 0 Å². The number of amides is 2. The fourth-order valence-electron chi connectivity index (χ4n) is 2.69. The molecule has 0 aliphatic carbocycles. The van der Waals surface area contributed by atoms with Crippen molar-refractivity contribution in [3.8, 4) is 0 Å². The van der Waals surface area contributed by atoms with Gasteiger partial charge in [0.1, 0.15) is 5.17 Å². The minimum Gasteiger partial charge on any atom is -0.267 e. The van der Waals surface area contributed by atoms with Crippen LogP contribution in [0.2, 0.25) is 0 Å². The zero-order valence-electron chi connectivity index (χ0n) is 14.5. The maximum absolute atomic E-state index is 12.4. The molecule has 0 bridgehead atoms. The molecule has 0 spiro atoms. The van der Waals surface area contributed by atoms with Crippen LogP contribution in [0.15, 0.2) is 87.6 Å². The molecule has 2 N–H and O–H groups in total. The van der Waals surface area contributed by atoms with Gasteiger partial charge < -0.3 is 0 Å². The second-order valence-electron chi connectivity index (χ2n) is 5.96. The van der Waals surface area contributed by atoms with Crippen LogP contribution in [-0.4, -0.2) is 17.0 Å². The largest absolute Gasteiger partial charge is 0.269 e. The van der Waals surface area contributed by atoms with Crippen molar-refractivity contribution in [2.75, 3.05) is 0 Å². The van der Waals surface area contributed by atoms with E-state index in [0.29, 0.717) is 22.0 Å². The van der Waals surface area contributed by atoms with Crippen molar-refractivity contribution in [2.24, 2.45) is 4.99 Å². The van der Waals surface area contributed by atoms with Crippen LogP contribution < -0.4 is 10.9 Å². The highest BCUT2D eigenvalue weighted by Gasteiger charge is 2.18.